The van der Waals surface area contributed by atoms with Crippen LogP contribution in [0, 0.1) is 17.8 Å². The van der Waals surface area contributed by atoms with Gasteiger partial charge in [0.15, 0.2) is 0 Å². The van der Waals surface area contributed by atoms with Crippen LogP contribution < -0.4 is 5.32 Å². The normalized spacial score (nSPS) is 19.5. The van der Waals surface area contributed by atoms with Crippen LogP contribution in [-0.4, -0.2) is 13.1 Å². The van der Waals surface area contributed by atoms with Gasteiger partial charge in [-0.05, 0) is 43.7 Å². The predicted molar refractivity (Wildman–Crippen MR) is 72.7 cm³/mol. The topological polar surface area (TPSA) is 12.0 Å². The molecule has 0 aromatic carbocycles. The van der Waals surface area contributed by atoms with Crippen molar-refractivity contribution < 1.29 is 0 Å². The number of hydrogen-bond donors (Lipinski definition) is 1. The molecule has 1 N–H and O–H groups in total. The molecule has 16 heavy (non-hydrogen) atoms. The zero-order valence-corrected chi connectivity index (χ0v) is 11.6. The Kier molecular flexibility index (Phi) is 7.11. The van der Waals surface area contributed by atoms with Gasteiger partial charge in [-0.2, -0.15) is 0 Å². The number of hydrogen-bond acceptors (Lipinski definition) is 1. The zero-order chi connectivity index (χ0) is 11.8. The van der Waals surface area contributed by atoms with Crippen molar-refractivity contribution in [3.63, 3.8) is 0 Å². The molecule has 0 radical (unpaired) electrons. The summed E-state index contributed by atoms with van der Waals surface area (Å²) >= 11 is 0. The minimum absolute atomic E-state index is 0.786. The molecule has 1 atom stereocenters. The van der Waals surface area contributed by atoms with Gasteiger partial charge in [0.05, 0.1) is 0 Å². The molecule has 1 nitrogen and oxygen atoms in total. The van der Waals surface area contributed by atoms with Gasteiger partial charge in [-0.1, -0.05) is 52.9 Å². The summed E-state index contributed by atoms with van der Waals surface area (Å²) in [5.41, 5.74) is 0. The maximum absolute atomic E-state index is 3.64. The van der Waals surface area contributed by atoms with Crippen molar-refractivity contribution in [1.82, 2.24) is 5.32 Å². The molecule has 0 spiro atoms. The standard InChI is InChI=1S/C15H31N/c1-4-7-15(12-16-11-13(2)3)10-14-8-5-6-9-14/h13-16H,4-12H2,1-3H3. The summed E-state index contributed by atoms with van der Waals surface area (Å²) in [6.07, 6.45) is 10.2. The summed E-state index contributed by atoms with van der Waals surface area (Å²) in [5, 5.41) is 3.64. The van der Waals surface area contributed by atoms with E-state index in [0.717, 1.165) is 17.8 Å². The zero-order valence-electron chi connectivity index (χ0n) is 11.6. The van der Waals surface area contributed by atoms with Crippen molar-refractivity contribution >= 4 is 0 Å². The lowest BCUT2D eigenvalue weighted by molar-refractivity contribution is 0.334. The van der Waals surface area contributed by atoms with Gasteiger partial charge in [0, 0.05) is 0 Å². The first kappa shape index (κ1) is 14.0. The Morgan fingerprint density at radius 1 is 1.12 bits per heavy atom. The number of nitrogens with one attached hydrogen (secondary N) is 1. The van der Waals surface area contributed by atoms with Gasteiger partial charge in [-0.15, -0.1) is 0 Å². The van der Waals surface area contributed by atoms with E-state index in [-0.39, 0.29) is 0 Å². The Morgan fingerprint density at radius 2 is 1.81 bits per heavy atom. The summed E-state index contributed by atoms with van der Waals surface area (Å²) < 4.78 is 0. The van der Waals surface area contributed by atoms with Crippen molar-refractivity contribution in [3.05, 3.63) is 0 Å². The van der Waals surface area contributed by atoms with Gasteiger partial charge in [-0.3, -0.25) is 0 Å². The highest BCUT2D eigenvalue weighted by molar-refractivity contribution is 4.73. The molecule has 1 fully saturated rings. The molecule has 0 amide bonds. The van der Waals surface area contributed by atoms with Crippen molar-refractivity contribution in [2.45, 2.75) is 65.7 Å². The first-order valence-electron chi connectivity index (χ1n) is 7.43. The van der Waals surface area contributed by atoms with Crippen molar-refractivity contribution in [1.29, 1.82) is 0 Å². The highest BCUT2D eigenvalue weighted by atomic mass is 14.9. The van der Waals surface area contributed by atoms with E-state index in [1.54, 1.807) is 0 Å². The molecule has 0 aromatic heterocycles. The van der Waals surface area contributed by atoms with Crippen LogP contribution in [0.4, 0.5) is 0 Å². The second kappa shape index (κ2) is 8.11. The van der Waals surface area contributed by atoms with E-state index in [1.807, 2.05) is 0 Å². The van der Waals surface area contributed by atoms with Gasteiger partial charge < -0.3 is 5.32 Å². The lowest BCUT2D eigenvalue weighted by atomic mass is 9.90. The highest BCUT2D eigenvalue weighted by Crippen LogP contribution is 2.31. The highest BCUT2D eigenvalue weighted by Gasteiger charge is 2.19. The third-order valence-electron chi connectivity index (χ3n) is 3.82. The average Bonchev–Trinajstić information content (AvgIpc) is 2.70. The Labute approximate surface area is 102 Å². The number of rotatable bonds is 8. The fourth-order valence-electron chi connectivity index (χ4n) is 3.01. The molecule has 0 bridgehead atoms. The smallest absolute Gasteiger partial charge is 0.00203 e. The van der Waals surface area contributed by atoms with Crippen molar-refractivity contribution in [2.75, 3.05) is 13.1 Å². The van der Waals surface area contributed by atoms with E-state index in [0.29, 0.717) is 0 Å². The van der Waals surface area contributed by atoms with Gasteiger partial charge >= 0.3 is 0 Å². The Hall–Kier alpha value is -0.0400. The average molecular weight is 225 g/mol. The van der Waals surface area contributed by atoms with Gasteiger partial charge in [0.1, 0.15) is 0 Å². The molecule has 0 heterocycles. The van der Waals surface area contributed by atoms with Crippen molar-refractivity contribution in [2.24, 2.45) is 17.8 Å². The molecule has 0 saturated heterocycles. The fourth-order valence-corrected chi connectivity index (χ4v) is 3.01. The Balaban J connectivity index is 2.17. The molecular formula is C15H31N. The van der Waals surface area contributed by atoms with Crippen LogP contribution in [-0.2, 0) is 0 Å². The van der Waals surface area contributed by atoms with Crippen LogP contribution >= 0.6 is 0 Å². The van der Waals surface area contributed by atoms with E-state index in [2.05, 4.69) is 26.1 Å². The third-order valence-corrected chi connectivity index (χ3v) is 3.82. The van der Waals surface area contributed by atoms with Gasteiger partial charge in [0.25, 0.3) is 0 Å². The Morgan fingerprint density at radius 3 is 2.38 bits per heavy atom. The van der Waals surface area contributed by atoms with Crippen LogP contribution in [0.1, 0.15) is 65.7 Å². The molecule has 0 aromatic rings. The summed E-state index contributed by atoms with van der Waals surface area (Å²) in [4.78, 5) is 0. The maximum atomic E-state index is 3.64. The SMILES string of the molecule is CCCC(CNCC(C)C)CC1CCCC1. The maximum Gasteiger partial charge on any atom is -0.00203 e. The molecule has 1 aliphatic carbocycles. The summed E-state index contributed by atoms with van der Waals surface area (Å²) in [5.74, 6) is 2.78. The minimum Gasteiger partial charge on any atom is -0.316 e. The molecule has 1 rings (SSSR count). The molecule has 1 unspecified atom stereocenters. The third kappa shape index (κ3) is 5.89. The van der Waals surface area contributed by atoms with E-state index in [4.69, 9.17) is 0 Å². The van der Waals surface area contributed by atoms with E-state index >= 15 is 0 Å². The second-order valence-electron chi connectivity index (χ2n) is 6.09. The Bertz CT molecular complexity index is 159. The van der Waals surface area contributed by atoms with Crippen LogP contribution in [0.5, 0.6) is 0 Å². The van der Waals surface area contributed by atoms with Crippen LogP contribution in [0.15, 0.2) is 0 Å². The van der Waals surface area contributed by atoms with Crippen molar-refractivity contribution in [3.8, 4) is 0 Å². The molecule has 1 heteroatoms. The molecular weight excluding hydrogens is 194 g/mol. The minimum atomic E-state index is 0.786. The van der Waals surface area contributed by atoms with Gasteiger partial charge in [-0.25, -0.2) is 0 Å². The monoisotopic (exact) mass is 225 g/mol. The molecule has 1 aliphatic rings. The first-order valence-corrected chi connectivity index (χ1v) is 7.43. The van der Waals surface area contributed by atoms with Gasteiger partial charge in [0.2, 0.25) is 0 Å². The van der Waals surface area contributed by atoms with Crippen LogP contribution in [0.3, 0.4) is 0 Å². The van der Waals surface area contributed by atoms with Crippen LogP contribution in [0.2, 0.25) is 0 Å². The molecule has 96 valence electrons. The van der Waals surface area contributed by atoms with E-state index < -0.39 is 0 Å². The van der Waals surface area contributed by atoms with E-state index in [9.17, 15) is 0 Å². The largest absolute Gasteiger partial charge is 0.316 e. The summed E-state index contributed by atoms with van der Waals surface area (Å²) in [7, 11) is 0. The van der Waals surface area contributed by atoms with E-state index in [1.165, 1.54) is 58.0 Å². The summed E-state index contributed by atoms with van der Waals surface area (Å²) in [6, 6.07) is 0. The molecule has 1 saturated carbocycles. The fraction of sp³-hybridized carbons (Fsp3) is 1.00. The lowest BCUT2D eigenvalue weighted by Gasteiger charge is -2.21. The lowest BCUT2D eigenvalue weighted by Crippen LogP contribution is -2.27. The summed E-state index contributed by atoms with van der Waals surface area (Å²) in [6.45, 7) is 9.34. The van der Waals surface area contributed by atoms with Crippen LogP contribution in [0.25, 0.3) is 0 Å². The predicted octanol–water partition coefficient (Wildman–Crippen LogP) is 4.23. The quantitative estimate of drug-likeness (QED) is 0.652. The first-order chi connectivity index (χ1) is 7.72. The molecule has 0 aliphatic heterocycles. The second-order valence-corrected chi connectivity index (χ2v) is 6.09.